The molecule has 49 heavy (non-hydrogen) atoms. The van der Waals surface area contributed by atoms with E-state index >= 15 is 0 Å². The summed E-state index contributed by atoms with van der Waals surface area (Å²) >= 11 is 0. The van der Waals surface area contributed by atoms with Gasteiger partial charge >= 0.3 is 0 Å². The Balaban J connectivity index is 4.21. The molecule has 0 aliphatic carbocycles. The van der Waals surface area contributed by atoms with E-state index in [-0.39, 0.29) is 6.61 Å². The largest absolute Gasteiger partial charge is 0.392 e. The lowest BCUT2D eigenvalue weighted by Gasteiger charge is -2.04. The zero-order valence-corrected chi connectivity index (χ0v) is 33.8. The molecular weight excluding hydrogens is 593 g/mol. The molecule has 0 amide bonds. The summed E-state index contributed by atoms with van der Waals surface area (Å²) in [6, 6.07) is 0. The lowest BCUT2D eigenvalue weighted by Crippen LogP contribution is -1.84. The normalized spacial score (nSPS) is 15.1. The lowest BCUT2D eigenvalue weighted by molar-refractivity contribution is 0.342. The molecule has 1 nitrogen and oxygen atoms in total. The average molecular weight is 671 g/mol. The van der Waals surface area contributed by atoms with Crippen LogP contribution in [0, 0.1) is 0 Å². The Kier molecular flexibility index (Phi) is 30.8. The van der Waals surface area contributed by atoms with E-state index in [1.165, 1.54) is 89.5 Å². The topological polar surface area (TPSA) is 20.2 Å². The van der Waals surface area contributed by atoms with E-state index in [2.05, 4.69) is 129 Å². The van der Waals surface area contributed by atoms with Gasteiger partial charge < -0.3 is 5.11 Å². The monoisotopic (exact) mass is 671 g/mol. The van der Waals surface area contributed by atoms with Gasteiger partial charge in [-0.05, 0) is 178 Å². The predicted octanol–water partition coefficient (Wildman–Crippen LogP) is 15.7. The Hall–Kier alpha value is -2.64. The van der Waals surface area contributed by atoms with Gasteiger partial charge in [-0.25, -0.2) is 0 Å². The van der Waals surface area contributed by atoms with Crippen LogP contribution < -0.4 is 0 Å². The summed E-state index contributed by atoms with van der Waals surface area (Å²) < 4.78 is 0. The molecule has 0 rings (SSSR count). The molecule has 0 bridgehead atoms. The molecule has 0 fully saturated rings. The van der Waals surface area contributed by atoms with E-state index in [9.17, 15) is 0 Å². The van der Waals surface area contributed by atoms with E-state index in [1.807, 2.05) is 6.08 Å². The minimum Gasteiger partial charge on any atom is -0.392 e. The molecular formula is C48H78O. The van der Waals surface area contributed by atoms with Gasteiger partial charge in [0.15, 0.2) is 0 Å². The van der Waals surface area contributed by atoms with Gasteiger partial charge in [-0.2, -0.15) is 0 Å². The molecule has 0 atom stereocenters. The highest BCUT2D eigenvalue weighted by molar-refractivity contribution is 5.10. The number of hydrogen-bond donors (Lipinski definition) is 1. The van der Waals surface area contributed by atoms with Crippen molar-refractivity contribution in [2.75, 3.05) is 6.61 Å². The first-order valence-electron chi connectivity index (χ1n) is 19.7. The van der Waals surface area contributed by atoms with Gasteiger partial charge in [-0.1, -0.05) is 117 Å². The van der Waals surface area contributed by atoms with Crippen LogP contribution in [-0.2, 0) is 0 Å². The van der Waals surface area contributed by atoms with Crippen molar-refractivity contribution in [1.82, 2.24) is 0 Å². The second-order valence-corrected chi connectivity index (χ2v) is 14.5. The molecule has 0 spiro atoms. The van der Waals surface area contributed by atoms with Crippen molar-refractivity contribution >= 4 is 0 Å². The van der Waals surface area contributed by atoms with Crippen molar-refractivity contribution in [2.45, 2.75) is 178 Å². The average Bonchev–Trinajstić information content (AvgIpc) is 3.04. The Labute approximate surface area is 306 Å². The van der Waals surface area contributed by atoms with Gasteiger partial charge in [0, 0.05) is 0 Å². The maximum absolute atomic E-state index is 8.79. The zero-order chi connectivity index (χ0) is 36.5. The first kappa shape index (κ1) is 46.4. The van der Waals surface area contributed by atoms with Crippen LogP contribution in [0.2, 0.25) is 0 Å². The molecule has 0 heterocycles. The van der Waals surface area contributed by atoms with E-state index in [0.29, 0.717) is 0 Å². The molecule has 1 N–H and O–H groups in total. The third-order valence-corrected chi connectivity index (χ3v) is 9.26. The maximum Gasteiger partial charge on any atom is 0.0612 e. The summed E-state index contributed by atoms with van der Waals surface area (Å²) in [5.41, 5.74) is 12.1. The fourth-order valence-corrected chi connectivity index (χ4v) is 5.74. The van der Waals surface area contributed by atoms with Gasteiger partial charge in [-0.3, -0.25) is 0 Å². The minimum absolute atomic E-state index is 0.144. The van der Waals surface area contributed by atoms with Crippen molar-refractivity contribution in [3.63, 3.8) is 0 Å². The summed E-state index contributed by atoms with van der Waals surface area (Å²) in [4.78, 5) is 0. The predicted molar refractivity (Wildman–Crippen MR) is 224 cm³/mol. The molecule has 0 aliphatic heterocycles. The van der Waals surface area contributed by atoms with Crippen molar-refractivity contribution in [2.24, 2.45) is 0 Å². The highest BCUT2D eigenvalue weighted by atomic mass is 16.2. The quantitative estimate of drug-likeness (QED) is 0.0649. The van der Waals surface area contributed by atoms with Gasteiger partial charge in [0.2, 0.25) is 0 Å². The van der Waals surface area contributed by atoms with Crippen LogP contribution in [0.5, 0.6) is 0 Å². The molecule has 0 radical (unpaired) electrons. The molecule has 0 saturated heterocycles. The number of hydrogen-bond acceptors (Lipinski definition) is 1. The van der Waals surface area contributed by atoms with Gasteiger partial charge in [-0.15, -0.1) is 0 Å². The third-order valence-electron chi connectivity index (χ3n) is 9.26. The van der Waals surface area contributed by atoms with E-state index in [4.69, 9.17) is 5.11 Å². The summed E-state index contributed by atoms with van der Waals surface area (Å²) in [6.07, 6.45) is 48.4. The second kappa shape index (κ2) is 32.6. The maximum atomic E-state index is 8.79. The van der Waals surface area contributed by atoms with Gasteiger partial charge in [0.1, 0.15) is 0 Å². The van der Waals surface area contributed by atoms with Crippen LogP contribution >= 0.6 is 0 Å². The lowest BCUT2D eigenvalue weighted by atomic mass is 10.0. The van der Waals surface area contributed by atoms with Crippen molar-refractivity contribution < 1.29 is 5.11 Å². The number of unbranched alkanes of at least 4 members (excludes halogenated alkanes) is 1. The van der Waals surface area contributed by atoms with E-state index < -0.39 is 0 Å². The summed E-state index contributed by atoms with van der Waals surface area (Å²) in [5, 5.41) is 8.79. The van der Waals surface area contributed by atoms with E-state index in [1.54, 1.807) is 0 Å². The van der Waals surface area contributed by atoms with Crippen molar-refractivity contribution in [3.8, 4) is 0 Å². The molecule has 0 aliphatic rings. The third kappa shape index (κ3) is 32.3. The molecule has 0 aromatic rings. The highest BCUT2D eigenvalue weighted by Crippen LogP contribution is 2.17. The number of allylic oxidation sites excluding steroid dienone is 19. The SMILES string of the molecule is CC=CCCC(C)=CCCC(C)=CCCC(C)=CCCC(C)=CCCC(C)=CCCC(C)=CCCC(C)=CCCC(C)=CCCC=CCO. The Morgan fingerprint density at radius 3 is 0.796 bits per heavy atom. The van der Waals surface area contributed by atoms with Crippen LogP contribution in [0.25, 0.3) is 0 Å². The highest BCUT2D eigenvalue weighted by Gasteiger charge is 1.97. The molecule has 1 heteroatoms. The molecule has 0 saturated carbocycles. The first-order valence-corrected chi connectivity index (χ1v) is 19.7. The summed E-state index contributed by atoms with van der Waals surface area (Å²) in [6.45, 7) is 20.5. The van der Waals surface area contributed by atoms with Crippen LogP contribution in [0.3, 0.4) is 0 Å². The van der Waals surface area contributed by atoms with Gasteiger partial charge in [0.05, 0.1) is 6.61 Å². The summed E-state index contributed by atoms with van der Waals surface area (Å²) in [7, 11) is 0. The first-order chi connectivity index (χ1) is 23.6. The van der Waals surface area contributed by atoms with E-state index in [0.717, 1.165) is 70.6 Å². The zero-order valence-electron chi connectivity index (χ0n) is 33.8. The van der Waals surface area contributed by atoms with Crippen LogP contribution in [0.15, 0.2) is 117 Å². The number of aliphatic hydroxyl groups is 1. The van der Waals surface area contributed by atoms with Crippen LogP contribution in [0.1, 0.15) is 178 Å². The number of rotatable bonds is 28. The van der Waals surface area contributed by atoms with Crippen LogP contribution in [0.4, 0.5) is 0 Å². The van der Waals surface area contributed by atoms with Crippen molar-refractivity contribution in [1.29, 1.82) is 0 Å². The smallest absolute Gasteiger partial charge is 0.0612 e. The number of aliphatic hydroxyl groups excluding tert-OH is 1. The summed E-state index contributed by atoms with van der Waals surface area (Å²) in [5.74, 6) is 0. The van der Waals surface area contributed by atoms with Gasteiger partial charge in [0.25, 0.3) is 0 Å². The molecule has 0 aromatic heterocycles. The molecule has 0 unspecified atom stereocenters. The standard InChI is InChI=1S/C48H78O/c1-10-11-14-24-41(2)26-17-28-43(4)30-19-32-45(6)34-21-36-47(8)38-23-39-48(9)37-22-35-46(7)33-20-31-44(5)29-18-27-42(3)25-15-12-13-16-40-49/h10-11,13,16,25-26,29-30,33-34,37-38,49H,12,14-15,17-24,27-28,31-32,35-36,39-40H2,1-9H3. The van der Waals surface area contributed by atoms with Crippen LogP contribution in [-0.4, -0.2) is 11.7 Å². The molecule has 276 valence electrons. The Morgan fingerprint density at radius 1 is 0.306 bits per heavy atom. The Morgan fingerprint density at radius 2 is 0.551 bits per heavy atom. The Bertz CT molecular complexity index is 1170. The fraction of sp³-hybridized carbons (Fsp3) is 0.583. The second-order valence-electron chi connectivity index (χ2n) is 14.5. The molecule has 0 aromatic carbocycles. The fourth-order valence-electron chi connectivity index (χ4n) is 5.74. The minimum atomic E-state index is 0.144. The van der Waals surface area contributed by atoms with Crippen molar-refractivity contribution in [3.05, 3.63) is 117 Å².